The summed E-state index contributed by atoms with van der Waals surface area (Å²) in [6, 6.07) is 10.3. The van der Waals surface area contributed by atoms with Crippen molar-refractivity contribution in [2.45, 2.75) is 12.8 Å². The second-order valence-electron chi connectivity index (χ2n) is 3.64. The third-order valence-corrected chi connectivity index (χ3v) is 3.10. The average Bonchev–Trinajstić information content (AvgIpc) is 2.35. The van der Waals surface area contributed by atoms with Crippen LogP contribution in [-0.4, -0.2) is 17.4 Å². The largest absolute Gasteiger partial charge is 0.481 e. The maximum atomic E-state index is 5.32. The van der Waals surface area contributed by atoms with Gasteiger partial charge in [0.15, 0.2) is 0 Å². The summed E-state index contributed by atoms with van der Waals surface area (Å²) >= 11 is 3.44. The van der Waals surface area contributed by atoms with Crippen molar-refractivity contribution < 1.29 is 4.74 Å². The number of ether oxygens (including phenoxy) is 1. The molecule has 0 N–H and O–H groups in total. The molecule has 0 aliphatic heterocycles. The van der Waals surface area contributed by atoms with E-state index in [9.17, 15) is 0 Å². The van der Waals surface area contributed by atoms with Gasteiger partial charge in [0.1, 0.15) is 0 Å². The number of hydrogen-bond donors (Lipinski definition) is 0. The molecule has 1 heterocycles. The molecule has 0 fully saturated rings. The number of rotatable bonds is 4. The van der Waals surface area contributed by atoms with E-state index in [2.05, 4.69) is 33.0 Å². The molecule has 2 aromatic rings. The Hall–Kier alpha value is -1.09. The lowest BCUT2D eigenvalue weighted by molar-refractivity contribution is 0.394. The summed E-state index contributed by atoms with van der Waals surface area (Å²) in [4.78, 5) is 4.51. The lowest BCUT2D eigenvalue weighted by atomic mass is 10.1. The van der Waals surface area contributed by atoms with Crippen LogP contribution >= 0.6 is 15.9 Å². The number of para-hydroxylation sites is 1. The van der Waals surface area contributed by atoms with Crippen molar-refractivity contribution in [3.63, 3.8) is 0 Å². The van der Waals surface area contributed by atoms with Crippen molar-refractivity contribution >= 4 is 26.8 Å². The van der Waals surface area contributed by atoms with Crippen LogP contribution in [0.4, 0.5) is 0 Å². The number of aromatic nitrogens is 1. The monoisotopic (exact) mass is 279 g/mol. The fourth-order valence-corrected chi connectivity index (χ4v) is 2.04. The molecule has 16 heavy (non-hydrogen) atoms. The van der Waals surface area contributed by atoms with Gasteiger partial charge in [-0.05, 0) is 25.0 Å². The van der Waals surface area contributed by atoms with Gasteiger partial charge in [-0.25, -0.2) is 4.98 Å². The van der Waals surface area contributed by atoms with E-state index in [0.29, 0.717) is 0 Å². The third-order valence-electron chi connectivity index (χ3n) is 2.54. The molecule has 0 atom stereocenters. The molecule has 0 saturated heterocycles. The predicted octanol–water partition coefficient (Wildman–Crippen LogP) is 3.57. The smallest absolute Gasteiger partial charge is 0.216 e. The minimum absolute atomic E-state index is 0.750. The zero-order chi connectivity index (χ0) is 11.4. The van der Waals surface area contributed by atoms with E-state index in [1.807, 2.05) is 18.2 Å². The van der Waals surface area contributed by atoms with Crippen LogP contribution in [0.1, 0.15) is 12.0 Å². The third kappa shape index (κ3) is 2.35. The first kappa shape index (κ1) is 11.4. The van der Waals surface area contributed by atoms with Crippen LogP contribution in [0, 0.1) is 0 Å². The standard InChI is InChI=1S/C13H14BrNO/c1-16-13-11(6-4-8-14)9-10-5-2-3-7-12(10)15-13/h2-3,5,7,9H,4,6,8H2,1H3. The van der Waals surface area contributed by atoms with Crippen molar-refractivity contribution in [2.75, 3.05) is 12.4 Å². The van der Waals surface area contributed by atoms with Crippen molar-refractivity contribution in [3.8, 4) is 5.88 Å². The number of methoxy groups -OCH3 is 1. The van der Waals surface area contributed by atoms with Crippen LogP contribution in [0.5, 0.6) is 5.88 Å². The Bertz CT molecular complexity index is 484. The highest BCUT2D eigenvalue weighted by atomic mass is 79.9. The summed E-state index contributed by atoms with van der Waals surface area (Å²) in [7, 11) is 1.68. The van der Waals surface area contributed by atoms with E-state index in [1.165, 1.54) is 10.9 Å². The Kier molecular flexibility index (Phi) is 3.78. The zero-order valence-electron chi connectivity index (χ0n) is 9.24. The van der Waals surface area contributed by atoms with E-state index in [0.717, 1.165) is 29.6 Å². The van der Waals surface area contributed by atoms with Gasteiger partial charge in [0.2, 0.25) is 5.88 Å². The maximum Gasteiger partial charge on any atom is 0.216 e. The Labute approximate surface area is 104 Å². The summed E-state index contributed by atoms with van der Waals surface area (Å²) in [5.41, 5.74) is 2.17. The van der Waals surface area contributed by atoms with Gasteiger partial charge >= 0.3 is 0 Å². The van der Waals surface area contributed by atoms with Crippen LogP contribution in [-0.2, 0) is 6.42 Å². The quantitative estimate of drug-likeness (QED) is 0.799. The van der Waals surface area contributed by atoms with Crippen LogP contribution in [0.3, 0.4) is 0 Å². The molecule has 0 radical (unpaired) electrons. The van der Waals surface area contributed by atoms with Crippen molar-refractivity contribution in [3.05, 3.63) is 35.9 Å². The van der Waals surface area contributed by atoms with Gasteiger partial charge in [0.25, 0.3) is 0 Å². The minimum Gasteiger partial charge on any atom is -0.481 e. The van der Waals surface area contributed by atoms with Gasteiger partial charge in [-0.3, -0.25) is 0 Å². The number of pyridine rings is 1. The summed E-state index contributed by atoms with van der Waals surface area (Å²) in [6.07, 6.45) is 2.09. The zero-order valence-corrected chi connectivity index (χ0v) is 10.8. The minimum atomic E-state index is 0.750. The van der Waals surface area contributed by atoms with E-state index in [4.69, 9.17) is 4.74 Å². The molecule has 1 aromatic heterocycles. The van der Waals surface area contributed by atoms with Gasteiger partial charge in [-0.15, -0.1) is 0 Å². The van der Waals surface area contributed by atoms with Crippen LogP contribution in [0.25, 0.3) is 10.9 Å². The molecule has 0 aliphatic carbocycles. The molecule has 0 aliphatic rings. The first-order valence-corrected chi connectivity index (χ1v) is 6.46. The fourth-order valence-electron chi connectivity index (χ4n) is 1.76. The van der Waals surface area contributed by atoms with E-state index in [-0.39, 0.29) is 0 Å². The van der Waals surface area contributed by atoms with Crippen molar-refractivity contribution in [1.82, 2.24) is 4.98 Å². The molecular formula is C13H14BrNO. The predicted molar refractivity (Wildman–Crippen MR) is 70.4 cm³/mol. The molecule has 3 heteroatoms. The number of nitrogens with zero attached hydrogens (tertiary/aromatic N) is 1. The number of aryl methyl sites for hydroxylation is 1. The van der Waals surface area contributed by atoms with Gasteiger partial charge in [-0.1, -0.05) is 34.1 Å². The van der Waals surface area contributed by atoms with Crippen molar-refractivity contribution in [2.24, 2.45) is 0 Å². The van der Waals surface area contributed by atoms with E-state index < -0.39 is 0 Å². The van der Waals surface area contributed by atoms with Gasteiger partial charge in [0, 0.05) is 16.3 Å². The molecule has 0 amide bonds. The summed E-state index contributed by atoms with van der Waals surface area (Å²) in [6.45, 7) is 0. The maximum absolute atomic E-state index is 5.32. The second-order valence-corrected chi connectivity index (χ2v) is 4.44. The fraction of sp³-hybridized carbons (Fsp3) is 0.308. The average molecular weight is 280 g/mol. The SMILES string of the molecule is COc1nc2ccccc2cc1CCCBr. The molecule has 2 rings (SSSR count). The van der Waals surface area contributed by atoms with Crippen LogP contribution in [0.15, 0.2) is 30.3 Å². The molecule has 2 nitrogen and oxygen atoms in total. The first-order valence-electron chi connectivity index (χ1n) is 5.34. The van der Waals surface area contributed by atoms with Crippen molar-refractivity contribution in [1.29, 1.82) is 0 Å². The Morgan fingerprint density at radius 1 is 1.31 bits per heavy atom. The van der Waals surface area contributed by atoms with E-state index >= 15 is 0 Å². The highest BCUT2D eigenvalue weighted by Gasteiger charge is 2.06. The number of fused-ring (bicyclic) bond motifs is 1. The lowest BCUT2D eigenvalue weighted by Gasteiger charge is -2.08. The lowest BCUT2D eigenvalue weighted by Crippen LogP contribution is -1.96. The highest BCUT2D eigenvalue weighted by Crippen LogP contribution is 2.23. The first-order chi connectivity index (χ1) is 7.85. The van der Waals surface area contributed by atoms with Gasteiger partial charge in [0.05, 0.1) is 12.6 Å². The number of alkyl halides is 1. The van der Waals surface area contributed by atoms with E-state index in [1.54, 1.807) is 7.11 Å². The van der Waals surface area contributed by atoms with Crippen LogP contribution in [0.2, 0.25) is 0 Å². The Morgan fingerprint density at radius 2 is 2.12 bits per heavy atom. The molecule has 84 valence electrons. The molecular weight excluding hydrogens is 266 g/mol. The normalized spacial score (nSPS) is 10.6. The summed E-state index contributed by atoms with van der Waals surface area (Å²) in [5.74, 6) is 0.750. The Morgan fingerprint density at radius 3 is 2.88 bits per heavy atom. The highest BCUT2D eigenvalue weighted by molar-refractivity contribution is 9.09. The number of hydrogen-bond acceptors (Lipinski definition) is 2. The number of halogens is 1. The molecule has 0 bridgehead atoms. The Balaban J connectivity index is 2.45. The van der Waals surface area contributed by atoms with Gasteiger partial charge < -0.3 is 4.74 Å². The van der Waals surface area contributed by atoms with Gasteiger partial charge in [-0.2, -0.15) is 0 Å². The molecule has 0 saturated carbocycles. The molecule has 0 unspecified atom stereocenters. The molecule has 1 aromatic carbocycles. The number of benzene rings is 1. The molecule has 0 spiro atoms. The summed E-state index contributed by atoms with van der Waals surface area (Å²) in [5, 5.41) is 2.18. The second kappa shape index (κ2) is 5.30. The summed E-state index contributed by atoms with van der Waals surface area (Å²) < 4.78 is 5.32. The topological polar surface area (TPSA) is 22.1 Å². The van der Waals surface area contributed by atoms with Crippen LogP contribution < -0.4 is 4.74 Å².